The summed E-state index contributed by atoms with van der Waals surface area (Å²) in [5, 5.41) is 2.79. The molecule has 1 N–H and O–H groups in total. The highest BCUT2D eigenvalue weighted by molar-refractivity contribution is 6.16. The van der Waals surface area contributed by atoms with Crippen LogP contribution < -0.4 is 19.7 Å². The van der Waals surface area contributed by atoms with Crippen molar-refractivity contribution >= 4 is 29.1 Å². The highest BCUT2D eigenvalue weighted by Gasteiger charge is 2.34. The molecule has 2 aromatic carbocycles. The minimum Gasteiger partial charge on any atom is -0.482 e. The summed E-state index contributed by atoms with van der Waals surface area (Å²) < 4.78 is 11.5. The van der Waals surface area contributed by atoms with Crippen molar-refractivity contribution in [2.24, 2.45) is 0 Å². The van der Waals surface area contributed by atoms with Crippen molar-refractivity contribution in [2.45, 2.75) is 38.4 Å². The van der Waals surface area contributed by atoms with Gasteiger partial charge in [0.15, 0.2) is 11.5 Å². The summed E-state index contributed by atoms with van der Waals surface area (Å²) in [5.41, 5.74) is 1.05. The number of piperidine rings is 1. The van der Waals surface area contributed by atoms with Gasteiger partial charge in [-0.1, -0.05) is 12.1 Å². The van der Waals surface area contributed by atoms with E-state index in [1.807, 2.05) is 12.1 Å². The minimum atomic E-state index is -0.792. The molecule has 28 heavy (non-hydrogen) atoms. The molecule has 2 heterocycles. The highest BCUT2D eigenvalue weighted by Crippen LogP contribution is 2.33. The number of fused-ring (bicyclic) bond motifs is 1. The Morgan fingerprint density at radius 3 is 2.21 bits per heavy atom. The van der Waals surface area contributed by atoms with E-state index in [9.17, 15) is 14.4 Å². The zero-order valence-corrected chi connectivity index (χ0v) is 15.4. The molecule has 0 saturated carbocycles. The molecule has 2 aliphatic heterocycles. The zero-order valence-electron chi connectivity index (χ0n) is 15.4. The lowest BCUT2D eigenvalue weighted by Gasteiger charge is -2.31. The summed E-state index contributed by atoms with van der Waals surface area (Å²) >= 11 is 0. The summed E-state index contributed by atoms with van der Waals surface area (Å²) in [6.45, 7) is 1.77. The predicted molar refractivity (Wildman–Crippen MR) is 102 cm³/mol. The minimum absolute atomic E-state index is 0.201. The molecular formula is C21H20N2O5. The van der Waals surface area contributed by atoms with Crippen molar-refractivity contribution < 1.29 is 23.9 Å². The highest BCUT2D eigenvalue weighted by atomic mass is 16.6. The Labute approximate surface area is 162 Å². The number of nitrogens with one attached hydrogen (secondary N) is 1. The number of nitrogens with zero attached hydrogens (tertiary/aromatic N) is 1. The van der Waals surface area contributed by atoms with Crippen LogP contribution in [0, 0.1) is 0 Å². The van der Waals surface area contributed by atoms with Crippen LogP contribution in [0.1, 0.15) is 26.2 Å². The van der Waals surface area contributed by atoms with Gasteiger partial charge in [-0.15, -0.1) is 0 Å². The first kappa shape index (κ1) is 18.0. The van der Waals surface area contributed by atoms with Crippen LogP contribution in [0.2, 0.25) is 0 Å². The van der Waals surface area contributed by atoms with Crippen LogP contribution >= 0.6 is 0 Å². The number of para-hydroxylation sites is 2. The van der Waals surface area contributed by atoms with Crippen molar-refractivity contribution in [3.8, 4) is 11.5 Å². The molecule has 0 spiro atoms. The number of hydrogen-bond acceptors (Lipinski definition) is 5. The van der Waals surface area contributed by atoms with E-state index in [0.29, 0.717) is 42.1 Å². The number of rotatable bonds is 3. The quantitative estimate of drug-likeness (QED) is 0.828. The second-order valence-corrected chi connectivity index (χ2v) is 6.82. The van der Waals surface area contributed by atoms with Gasteiger partial charge in [0, 0.05) is 18.5 Å². The maximum absolute atomic E-state index is 12.6. The van der Waals surface area contributed by atoms with Gasteiger partial charge >= 0.3 is 0 Å². The van der Waals surface area contributed by atoms with Crippen molar-refractivity contribution in [1.29, 1.82) is 0 Å². The van der Waals surface area contributed by atoms with E-state index in [1.165, 1.54) is 4.90 Å². The first-order valence-electron chi connectivity index (χ1n) is 9.22. The first-order valence-corrected chi connectivity index (χ1v) is 9.22. The SMILES string of the molecule is C[C@@H]1Oc2ccccc2O[C@@H]1C(=O)Nc1ccc(N2C(=O)CCCC2=O)cc1. The Hall–Kier alpha value is -3.35. The number of imide groups is 1. The van der Waals surface area contributed by atoms with Crippen LogP contribution in [0.3, 0.4) is 0 Å². The van der Waals surface area contributed by atoms with Gasteiger partial charge in [0.05, 0.1) is 5.69 Å². The molecule has 0 unspecified atom stereocenters. The maximum Gasteiger partial charge on any atom is 0.269 e. The third kappa shape index (κ3) is 3.43. The molecule has 144 valence electrons. The number of amides is 3. The molecule has 0 bridgehead atoms. The molecule has 1 fully saturated rings. The van der Waals surface area contributed by atoms with Gasteiger partial charge in [0.25, 0.3) is 5.91 Å². The summed E-state index contributed by atoms with van der Waals surface area (Å²) in [6.07, 6.45) is 0.0794. The summed E-state index contributed by atoms with van der Waals surface area (Å²) in [5.74, 6) is 0.402. The van der Waals surface area contributed by atoms with E-state index in [2.05, 4.69) is 5.32 Å². The predicted octanol–water partition coefficient (Wildman–Crippen LogP) is 2.90. The summed E-state index contributed by atoms with van der Waals surface area (Å²) in [6, 6.07) is 13.8. The second-order valence-electron chi connectivity index (χ2n) is 6.82. The summed E-state index contributed by atoms with van der Waals surface area (Å²) in [4.78, 5) is 37.9. The van der Waals surface area contributed by atoms with Crippen molar-refractivity contribution in [3.05, 3.63) is 48.5 Å². The summed E-state index contributed by atoms with van der Waals surface area (Å²) in [7, 11) is 0. The number of hydrogen-bond donors (Lipinski definition) is 1. The molecule has 1 saturated heterocycles. The fraction of sp³-hybridized carbons (Fsp3) is 0.286. The largest absolute Gasteiger partial charge is 0.482 e. The molecule has 2 aliphatic rings. The van der Waals surface area contributed by atoms with Gasteiger partial charge < -0.3 is 14.8 Å². The van der Waals surface area contributed by atoms with E-state index >= 15 is 0 Å². The Bertz CT molecular complexity index is 909. The lowest BCUT2D eigenvalue weighted by atomic mass is 10.1. The van der Waals surface area contributed by atoms with Crippen LogP contribution in [0.4, 0.5) is 11.4 Å². The first-order chi connectivity index (χ1) is 13.5. The van der Waals surface area contributed by atoms with Crippen LogP contribution in [0.15, 0.2) is 48.5 Å². The Kier molecular flexibility index (Phi) is 4.73. The van der Waals surface area contributed by atoms with Crippen molar-refractivity contribution in [1.82, 2.24) is 0 Å². The Morgan fingerprint density at radius 2 is 1.57 bits per heavy atom. The van der Waals surface area contributed by atoms with Gasteiger partial charge in [-0.3, -0.25) is 19.3 Å². The zero-order chi connectivity index (χ0) is 19.7. The van der Waals surface area contributed by atoms with Gasteiger partial charge in [0.1, 0.15) is 6.10 Å². The number of ether oxygens (including phenoxy) is 2. The van der Waals surface area contributed by atoms with Gasteiger partial charge in [-0.25, -0.2) is 0 Å². The topological polar surface area (TPSA) is 84.9 Å². The average Bonchev–Trinajstić information content (AvgIpc) is 2.68. The lowest BCUT2D eigenvalue weighted by Crippen LogP contribution is -2.46. The molecule has 4 rings (SSSR count). The lowest BCUT2D eigenvalue weighted by molar-refractivity contribution is -0.129. The van der Waals surface area contributed by atoms with E-state index in [1.54, 1.807) is 43.3 Å². The third-order valence-electron chi connectivity index (χ3n) is 4.77. The molecule has 0 aliphatic carbocycles. The molecule has 2 aromatic rings. The molecular weight excluding hydrogens is 360 g/mol. The maximum atomic E-state index is 12.6. The van der Waals surface area contributed by atoms with Crippen molar-refractivity contribution in [3.63, 3.8) is 0 Å². The molecule has 3 amide bonds. The number of benzene rings is 2. The molecule has 0 radical (unpaired) electrons. The Balaban J connectivity index is 1.45. The normalized spacial score (nSPS) is 21.4. The average molecular weight is 380 g/mol. The van der Waals surface area contributed by atoms with Crippen LogP contribution in [0.5, 0.6) is 11.5 Å². The number of carbonyl (C=O) groups is 3. The van der Waals surface area contributed by atoms with E-state index in [0.717, 1.165) is 0 Å². The Morgan fingerprint density at radius 1 is 0.964 bits per heavy atom. The monoisotopic (exact) mass is 380 g/mol. The van der Waals surface area contributed by atoms with Gasteiger partial charge in [-0.2, -0.15) is 0 Å². The smallest absolute Gasteiger partial charge is 0.269 e. The second kappa shape index (κ2) is 7.34. The molecule has 0 aromatic heterocycles. The fourth-order valence-electron chi connectivity index (χ4n) is 3.35. The standard InChI is InChI=1S/C21H20N2O5/c1-13-20(28-17-6-3-2-5-16(17)27-13)21(26)22-14-9-11-15(12-10-14)23-18(24)7-4-8-19(23)25/h2-3,5-6,9-13,20H,4,7-8H2,1H3,(H,22,26)/t13-,20-/m0/s1. The molecule has 7 nitrogen and oxygen atoms in total. The van der Waals surface area contributed by atoms with Crippen LogP contribution in [0.25, 0.3) is 0 Å². The number of carbonyl (C=O) groups excluding carboxylic acids is 3. The van der Waals surface area contributed by atoms with Gasteiger partial charge in [0.2, 0.25) is 17.9 Å². The van der Waals surface area contributed by atoms with Crippen LogP contribution in [-0.4, -0.2) is 29.9 Å². The molecule has 7 heteroatoms. The van der Waals surface area contributed by atoms with Crippen LogP contribution in [-0.2, 0) is 14.4 Å². The van der Waals surface area contributed by atoms with E-state index in [4.69, 9.17) is 9.47 Å². The fourth-order valence-corrected chi connectivity index (χ4v) is 3.35. The molecule has 2 atom stereocenters. The van der Waals surface area contributed by atoms with Crippen molar-refractivity contribution in [2.75, 3.05) is 10.2 Å². The third-order valence-corrected chi connectivity index (χ3v) is 4.77. The van der Waals surface area contributed by atoms with E-state index in [-0.39, 0.29) is 17.7 Å². The van der Waals surface area contributed by atoms with Gasteiger partial charge in [-0.05, 0) is 49.7 Å². The number of anilines is 2. The van der Waals surface area contributed by atoms with E-state index < -0.39 is 12.2 Å².